The van der Waals surface area contributed by atoms with Crippen molar-refractivity contribution < 1.29 is 19.1 Å². The summed E-state index contributed by atoms with van der Waals surface area (Å²) in [6.45, 7) is 2.17. The van der Waals surface area contributed by atoms with Gasteiger partial charge in [-0.05, 0) is 42.8 Å². The molecule has 30 heavy (non-hydrogen) atoms. The fraction of sp³-hybridized carbons (Fsp3) is 0.150. The summed E-state index contributed by atoms with van der Waals surface area (Å²) in [7, 11) is 0. The molecule has 0 unspecified atom stereocenters. The van der Waals surface area contributed by atoms with Gasteiger partial charge >= 0.3 is 0 Å². The average molecular weight is 443 g/mol. The molecule has 2 aromatic rings. The number of thioether (sulfide) groups is 1. The fourth-order valence-corrected chi connectivity index (χ4v) is 3.75. The number of nitrogens with zero attached hydrogens (tertiary/aromatic N) is 2. The van der Waals surface area contributed by atoms with E-state index in [1.165, 1.54) is 17.3 Å². The molecule has 1 fully saturated rings. The minimum absolute atomic E-state index is 0.269. The summed E-state index contributed by atoms with van der Waals surface area (Å²) in [6.07, 6.45) is 4.61. The number of nitrogens with one attached hydrogen (secondary N) is 2. The largest absolute Gasteiger partial charge is 0.494 e. The number of carbonyl (C=O) groups excluding carboxylic acids is 3. The molecule has 1 aliphatic rings. The third kappa shape index (κ3) is 5.43. The van der Waals surface area contributed by atoms with Gasteiger partial charge in [-0.25, -0.2) is 0 Å². The third-order valence-electron chi connectivity index (χ3n) is 3.90. The van der Waals surface area contributed by atoms with Gasteiger partial charge in [0.15, 0.2) is 0 Å². The highest BCUT2D eigenvalue weighted by molar-refractivity contribution is 8.26. The van der Waals surface area contributed by atoms with E-state index in [9.17, 15) is 14.4 Å². The molecular formula is C20H18N4O4S2. The van der Waals surface area contributed by atoms with E-state index < -0.39 is 11.8 Å². The summed E-state index contributed by atoms with van der Waals surface area (Å²) in [5, 5.41) is 0. The molecule has 0 spiro atoms. The lowest BCUT2D eigenvalue weighted by atomic mass is 10.2. The number of hydrazine groups is 1. The molecule has 3 amide bonds. The molecule has 0 aliphatic carbocycles. The number of amides is 3. The van der Waals surface area contributed by atoms with E-state index in [0.717, 1.165) is 23.1 Å². The molecule has 2 heterocycles. The zero-order valence-corrected chi connectivity index (χ0v) is 17.6. The lowest BCUT2D eigenvalue weighted by molar-refractivity contribution is -0.129. The van der Waals surface area contributed by atoms with Crippen LogP contribution in [0.25, 0.3) is 6.08 Å². The van der Waals surface area contributed by atoms with Crippen molar-refractivity contribution in [2.75, 3.05) is 13.2 Å². The van der Waals surface area contributed by atoms with E-state index >= 15 is 0 Å². The second-order valence-corrected chi connectivity index (χ2v) is 7.69. The summed E-state index contributed by atoms with van der Waals surface area (Å²) in [4.78, 5) is 42.2. The van der Waals surface area contributed by atoms with Crippen LogP contribution in [0.2, 0.25) is 0 Å². The van der Waals surface area contributed by atoms with Crippen molar-refractivity contribution in [1.29, 1.82) is 0 Å². The van der Waals surface area contributed by atoms with E-state index in [0.29, 0.717) is 17.1 Å². The van der Waals surface area contributed by atoms with Gasteiger partial charge in [0.05, 0.1) is 17.1 Å². The number of pyridine rings is 1. The molecule has 3 rings (SSSR count). The molecule has 8 nitrogen and oxygen atoms in total. The van der Waals surface area contributed by atoms with Gasteiger partial charge in [-0.3, -0.25) is 35.1 Å². The molecule has 2 N–H and O–H groups in total. The van der Waals surface area contributed by atoms with Gasteiger partial charge in [-0.1, -0.05) is 36.1 Å². The van der Waals surface area contributed by atoms with Crippen molar-refractivity contribution in [3.05, 3.63) is 64.8 Å². The van der Waals surface area contributed by atoms with Crippen molar-refractivity contribution in [2.24, 2.45) is 0 Å². The highest BCUT2D eigenvalue weighted by Crippen LogP contribution is 2.32. The number of hydrogen-bond acceptors (Lipinski definition) is 7. The van der Waals surface area contributed by atoms with Crippen molar-refractivity contribution in [3.8, 4) is 5.75 Å². The molecule has 1 aromatic heterocycles. The zero-order valence-electron chi connectivity index (χ0n) is 16.0. The van der Waals surface area contributed by atoms with Gasteiger partial charge < -0.3 is 4.74 Å². The van der Waals surface area contributed by atoms with E-state index in [1.54, 1.807) is 18.2 Å². The third-order valence-corrected chi connectivity index (χ3v) is 5.28. The first kappa shape index (κ1) is 21.5. The molecule has 10 heteroatoms. The number of rotatable bonds is 6. The van der Waals surface area contributed by atoms with E-state index in [1.807, 2.05) is 31.2 Å². The second kappa shape index (κ2) is 9.99. The number of aromatic nitrogens is 1. The Balaban J connectivity index is 1.57. The minimum atomic E-state index is -0.578. The number of thiocarbonyl (C=S) groups is 1. The summed E-state index contributed by atoms with van der Waals surface area (Å²) in [6, 6.07) is 10.5. The second-order valence-electron chi connectivity index (χ2n) is 6.01. The first-order valence-corrected chi connectivity index (χ1v) is 10.2. The van der Waals surface area contributed by atoms with Gasteiger partial charge in [0.2, 0.25) is 0 Å². The van der Waals surface area contributed by atoms with Gasteiger partial charge in [0.1, 0.15) is 16.6 Å². The Kier molecular flexibility index (Phi) is 7.15. The SMILES string of the molecule is CCOc1ccc(C=C2SC(=S)N(CC(=O)NNC(=O)c3cccnc3)C2=O)cc1. The van der Waals surface area contributed by atoms with E-state index in [4.69, 9.17) is 17.0 Å². The lowest BCUT2D eigenvalue weighted by Crippen LogP contribution is -2.47. The maximum atomic E-state index is 12.6. The first-order valence-electron chi connectivity index (χ1n) is 8.95. The first-order chi connectivity index (χ1) is 14.5. The number of benzene rings is 1. The Bertz CT molecular complexity index is 994. The van der Waals surface area contributed by atoms with E-state index in [-0.39, 0.29) is 16.8 Å². The predicted molar refractivity (Wildman–Crippen MR) is 117 cm³/mol. The Morgan fingerprint density at radius 2 is 2.00 bits per heavy atom. The Hall–Kier alpha value is -3.24. The fourth-order valence-electron chi connectivity index (χ4n) is 2.49. The maximum absolute atomic E-state index is 12.6. The number of ether oxygens (including phenoxy) is 1. The van der Waals surface area contributed by atoms with Crippen LogP contribution in [0.4, 0.5) is 0 Å². The Morgan fingerprint density at radius 3 is 2.67 bits per heavy atom. The quantitative estimate of drug-likeness (QED) is 0.402. The highest BCUT2D eigenvalue weighted by Gasteiger charge is 2.33. The van der Waals surface area contributed by atoms with Crippen LogP contribution >= 0.6 is 24.0 Å². The van der Waals surface area contributed by atoms with Crippen LogP contribution in [0, 0.1) is 0 Å². The summed E-state index contributed by atoms with van der Waals surface area (Å²) < 4.78 is 5.67. The zero-order chi connectivity index (χ0) is 21.5. The van der Waals surface area contributed by atoms with Crippen LogP contribution < -0.4 is 15.6 Å². The predicted octanol–water partition coefficient (Wildman–Crippen LogP) is 2.14. The average Bonchev–Trinajstić information content (AvgIpc) is 3.01. The van der Waals surface area contributed by atoms with Crippen LogP contribution in [-0.4, -0.2) is 45.1 Å². The van der Waals surface area contributed by atoms with Gasteiger partial charge in [-0.15, -0.1) is 0 Å². The van der Waals surface area contributed by atoms with Crippen molar-refractivity contribution in [3.63, 3.8) is 0 Å². The summed E-state index contributed by atoms with van der Waals surface area (Å²) in [5.74, 6) is -0.720. The maximum Gasteiger partial charge on any atom is 0.271 e. The number of carbonyl (C=O) groups is 3. The monoisotopic (exact) mass is 442 g/mol. The molecule has 1 saturated heterocycles. The van der Waals surface area contributed by atoms with Crippen molar-refractivity contribution in [1.82, 2.24) is 20.7 Å². The van der Waals surface area contributed by atoms with Crippen LogP contribution in [0.15, 0.2) is 53.7 Å². The smallest absolute Gasteiger partial charge is 0.271 e. The molecule has 0 bridgehead atoms. The molecule has 1 aliphatic heterocycles. The van der Waals surface area contributed by atoms with Crippen LogP contribution in [0.5, 0.6) is 5.75 Å². The molecule has 0 radical (unpaired) electrons. The lowest BCUT2D eigenvalue weighted by Gasteiger charge is -2.14. The summed E-state index contributed by atoms with van der Waals surface area (Å²) in [5.41, 5.74) is 5.65. The molecule has 154 valence electrons. The van der Waals surface area contributed by atoms with Gasteiger partial charge in [0, 0.05) is 12.4 Å². The van der Waals surface area contributed by atoms with Crippen LogP contribution in [0.3, 0.4) is 0 Å². The molecule has 0 saturated carbocycles. The van der Waals surface area contributed by atoms with E-state index in [2.05, 4.69) is 15.8 Å². The topological polar surface area (TPSA) is 101 Å². The summed E-state index contributed by atoms with van der Waals surface area (Å²) >= 11 is 6.34. The van der Waals surface area contributed by atoms with Gasteiger partial charge in [-0.2, -0.15) is 0 Å². The molecule has 0 atom stereocenters. The Labute approximate surface area is 182 Å². The molecule has 1 aromatic carbocycles. The van der Waals surface area contributed by atoms with Gasteiger partial charge in [0.25, 0.3) is 17.7 Å². The van der Waals surface area contributed by atoms with Crippen molar-refractivity contribution in [2.45, 2.75) is 6.92 Å². The minimum Gasteiger partial charge on any atom is -0.494 e. The standard InChI is InChI=1S/C20H18N4O4S2/c1-2-28-15-7-5-13(6-8-15)10-16-19(27)24(20(29)30-16)12-17(25)22-23-18(26)14-4-3-9-21-11-14/h3-11H,2,12H2,1H3,(H,22,25)(H,23,26). The normalized spacial score (nSPS) is 14.7. The Morgan fingerprint density at radius 1 is 1.23 bits per heavy atom. The molecular weight excluding hydrogens is 424 g/mol. The van der Waals surface area contributed by atoms with Crippen LogP contribution in [0.1, 0.15) is 22.8 Å². The number of hydrogen-bond donors (Lipinski definition) is 2. The van der Waals surface area contributed by atoms with Crippen LogP contribution in [-0.2, 0) is 9.59 Å². The van der Waals surface area contributed by atoms with Crippen molar-refractivity contribution >= 4 is 52.1 Å². The highest BCUT2D eigenvalue weighted by atomic mass is 32.2.